The van der Waals surface area contributed by atoms with Crippen LogP contribution in [0, 0.1) is 11.6 Å². The molecule has 1 unspecified atom stereocenters. The number of nitrogens with one attached hydrogen (secondary N) is 1. The van der Waals surface area contributed by atoms with Crippen LogP contribution in [0.2, 0.25) is 0 Å². The first-order chi connectivity index (χ1) is 13.5. The van der Waals surface area contributed by atoms with Gasteiger partial charge in [0.2, 0.25) is 0 Å². The Hall–Kier alpha value is -1.77. The summed E-state index contributed by atoms with van der Waals surface area (Å²) >= 11 is 0. The van der Waals surface area contributed by atoms with E-state index in [-0.39, 0.29) is 18.1 Å². The number of nitrogens with zero attached hydrogens (tertiary/aromatic N) is 3. The van der Waals surface area contributed by atoms with Crippen LogP contribution in [-0.4, -0.2) is 86.8 Å². The van der Waals surface area contributed by atoms with E-state index in [1.165, 1.54) is 18.2 Å². The maximum Gasteiger partial charge on any atom is 0.317 e. The standard InChI is InChI=1S/C20H30F2N4O2/c1-24(2)18(19-16(21)4-3-5-17(19)22)14-23-20(27)26-10-8-25(9-11-26)15-6-12-28-13-7-15/h3-5,15,18H,6-14H2,1-2H3,(H,23,27). The smallest absolute Gasteiger partial charge is 0.317 e. The molecule has 2 aliphatic rings. The second kappa shape index (κ2) is 9.62. The van der Waals surface area contributed by atoms with Crippen LogP contribution in [0.4, 0.5) is 13.6 Å². The number of amides is 2. The summed E-state index contributed by atoms with van der Waals surface area (Å²) in [6.07, 6.45) is 2.09. The number of hydrogen-bond acceptors (Lipinski definition) is 4. The Morgan fingerprint density at radius 3 is 2.36 bits per heavy atom. The van der Waals surface area contributed by atoms with Crippen LogP contribution in [0.3, 0.4) is 0 Å². The number of carbonyl (C=O) groups excluding carboxylic acids is 1. The minimum Gasteiger partial charge on any atom is -0.381 e. The first kappa shape index (κ1) is 21.0. The highest BCUT2D eigenvalue weighted by atomic mass is 19.1. The molecule has 3 rings (SSSR count). The summed E-state index contributed by atoms with van der Waals surface area (Å²) in [4.78, 5) is 18.5. The highest BCUT2D eigenvalue weighted by Gasteiger charge is 2.28. The largest absolute Gasteiger partial charge is 0.381 e. The lowest BCUT2D eigenvalue weighted by Crippen LogP contribution is -2.55. The molecule has 6 nitrogen and oxygen atoms in total. The summed E-state index contributed by atoms with van der Waals surface area (Å²) in [5.41, 5.74) is -0.0165. The molecule has 2 saturated heterocycles. The van der Waals surface area contributed by atoms with Gasteiger partial charge in [-0.05, 0) is 39.1 Å². The fraction of sp³-hybridized carbons (Fsp3) is 0.650. The van der Waals surface area contributed by atoms with E-state index < -0.39 is 17.7 Å². The average molecular weight is 396 g/mol. The van der Waals surface area contributed by atoms with Crippen LogP contribution in [-0.2, 0) is 4.74 Å². The van der Waals surface area contributed by atoms with Crippen molar-refractivity contribution in [1.29, 1.82) is 0 Å². The van der Waals surface area contributed by atoms with Crippen molar-refractivity contribution in [2.24, 2.45) is 0 Å². The molecule has 8 heteroatoms. The SMILES string of the molecule is CN(C)C(CNC(=O)N1CCN(C2CCOCC2)CC1)c1c(F)cccc1F. The highest BCUT2D eigenvalue weighted by molar-refractivity contribution is 5.74. The summed E-state index contributed by atoms with van der Waals surface area (Å²) < 4.78 is 33.7. The average Bonchev–Trinajstić information content (AvgIpc) is 2.70. The van der Waals surface area contributed by atoms with Crippen LogP contribution >= 0.6 is 0 Å². The molecule has 2 amide bonds. The van der Waals surface area contributed by atoms with Gasteiger partial charge in [-0.15, -0.1) is 0 Å². The first-order valence-corrected chi connectivity index (χ1v) is 9.92. The van der Waals surface area contributed by atoms with Gasteiger partial charge in [0.25, 0.3) is 0 Å². The molecule has 0 spiro atoms. The molecule has 0 aliphatic carbocycles. The van der Waals surface area contributed by atoms with E-state index >= 15 is 0 Å². The van der Waals surface area contributed by atoms with Crippen LogP contribution in [0.5, 0.6) is 0 Å². The molecular weight excluding hydrogens is 366 g/mol. The Morgan fingerprint density at radius 1 is 1.18 bits per heavy atom. The van der Waals surface area contributed by atoms with Gasteiger partial charge in [0.1, 0.15) is 11.6 Å². The van der Waals surface area contributed by atoms with Crippen molar-refractivity contribution in [2.45, 2.75) is 24.9 Å². The predicted molar refractivity (Wildman–Crippen MR) is 103 cm³/mol. The molecule has 2 fully saturated rings. The minimum atomic E-state index is -0.599. The van der Waals surface area contributed by atoms with Crippen molar-refractivity contribution in [3.05, 3.63) is 35.4 Å². The summed E-state index contributed by atoms with van der Waals surface area (Å²) in [6, 6.07) is 3.61. The number of hydrogen-bond donors (Lipinski definition) is 1. The quantitative estimate of drug-likeness (QED) is 0.828. The number of carbonyl (C=O) groups is 1. The summed E-state index contributed by atoms with van der Waals surface area (Å²) in [5.74, 6) is -1.20. The number of halogens is 2. The molecule has 2 aliphatic heterocycles. The van der Waals surface area contributed by atoms with Crippen molar-refractivity contribution >= 4 is 6.03 Å². The maximum atomic E-state index is 14.2. The van der Waals surface area contributed by atoms with Crippen LogP contribution in [0.25, 0.3) is 0 Å². The van der Waals surface area contributed by atoms with Crippen LogP contribution in [0.15, 0.2) is 18.2 Å². The van der Waals surface area contributed by atoms with Gasteiger partial charge >= 0.3 is 6.03 Å². The number of piperazine rings is 1. The van der Waals surface area contributed by atoms with Gasteiger partial charge in [0.15, 0.2) is 0 Å². The van der Waals surface area contributed by atoms with Gasteiger partial charge in [-0.3, -0.25) is 4.90 Å². The fourth-order valence-electron chi connectivity index (χ4n) is 4.01. The molecule has 1 atom stereocenters. The lowest BCUT2D eigenvalue weighted by atomic mass is 10.0. The van der Waals surface area contributed by atoms with E-state index in [2.05, 4.69) is 10.2 Å². The third kappa shape index (κ3) is 4.98. The fourth-order valence-corrected chi connectivity index (χ4v) is 4.01. The molecule has 1 N–H and O–H groups in total. The van der Waals surface area contributed by atoms with Crippen molar-refractivity contribution in [3.8, 4) is 0 Å². The number of rotatable bonds is 5. The number of likely N-dealkylation sites (N-methyl/N-ethyl adjacent to an activating group) is 1. The first-order valence-electron chi connectivity index (χ1n) is 9.92. The monoisotopic (exact) mass is 396 g/mol. The Morgan fingerprint density at radius 2 is 1.79 bits per heavy atom. The molecule has 1 aromatic carbocycles. The number of benzene rings is 1. The van der Waals surface area contributed by atoms with E-state index in [0.717, 1.165) is 39.1 Å². The van der Waals surface area contributed by atoms with Crippen molar-refractivity contribution in [3.63, 3.8) is 0 Å². The second-order valence-corrected chi connectivity index (χ2v) is 7.67. The lowest BCUT2D eigenvalue weighted by Gasteiger charge is -2.40. The molecular formula is C20H30F2N4O2. The summed E-state index contributed by atoms with van der Waals surface area (Å²) in [7, 11) is 3.49. The Balaban J connectivity index is 1.53. The number of urea groups is 1. The summed E-state index contributed by atoms with van der Waals surface area (Å²) in [6.45, 7) is 4.76. The topological polar surface area (TPSA) is 48.1 Å². The van der Waals surface area contributed by atoms with E-state index in [0.29, 0.717) is 19.1 Å². The third-order valence-electron chi connectivity index (χ3n) is 5.71. The molecule has 2 heterocycles. The van der Waals surface area contributed by atoms with Gasteiger partial charge in [-0.2, -0.15) is 0 Å². The minimum absolute atomic E-state index is 0.0165. The molecule has 1 aromatic rings. The van der Waals surface area contributed by atoms with E-state index in [1.54, 1.807) is 23.9 Å². The van der Waals surface area contributed by atoms with Crippen molar-refractivity contribution < 1.29 is 18.3 Å². The molecule has 156 valence electrons. The van der Waals surface area contributed by atoms with Crippen LogP contribution < -0.4 is 5.32 Å². The number of ether oxygens (including phenoxy) is 1. The van der Waals surface area contributed by atoms with Gasteiger partial charge in [0.05, 0.1) is 6.04 Å². The zero-order valence-corrected chi connectivity index (χ0v) is 16.7. The van der Waals surface area contributed by atoms with Gasteiger partial charge in [0, 0.05) is 57.5 Å². The Labute approximate surface area is 165 Å². The summed E-state index contributed by atoms with van der Waals surface area (Å²) in [5, 5.41) is 2.85. The van der Waals surface area contributed by atoms with E-state index in [1.807, 2.05) is 0 Å². The lowest BCUT2D eigenvalue weighted by molar-refractivity contribution is 0.0186. The van der Waals surface area contributed by atoms with Crippen molar-refractivity contribution in [1.82, 2.24) is 20.0 Å². The van der Waals surface area contributed by atoms with Gasteiger partial charge in [-0.25, -0.2) is 13.6 Å². The Bertz CT molecular complexity index is 639. The van der Waals surface area contributed by atoms with Crippen molar-refractivity contribution in [2.75, 3.05) is 60.0 Å². The zero-order valence-electron chi connectivity index (χ0n) is 16.7. The third-order valence-corrected chi connectivity index (χ3v) is 5.71. The predicted octanol–water partition coefficient (Wildman–Crippen LogP) is 2.07. The molecule has 0 radical (unpaired) electrons. The normalized spacial score (nSPS) is 20.4. The highest BCUT2D eigenvalue weighted by Crippen LogP contribution is 2.24. The van der Waals surface area contributed by atoms with Gasteiger partial charge in [-0.1, -0.05) is 6.07 Å². The Kier molecular flexibility index (Phi) is 7.20. The maximum absolute atomic E-state index is 14.2. The zero-order chi connectivity index (χ0) is 20.1. The second-order valence-electron chi connectivity index (χ2n) is 7.67. The van der Waals surface area contributed by atoms with E-state index in [9.17, 15) is 13.6 Å². The molecule has 0 aromatic heterocycles. The molecule has 28 heavy (non-hydrogen) atoms. The van der Waals surface area contributed by atoms with Gasteiger partial charge < -0.3 is 19.9 Å². The van der Waals surface area contributed by atoms with E-state index in [4.69, 9.17) is 4.74 Å². The molecule has 0 saturated carbocycles. The van der Waals surface area contributed by atoms with Crippen LogP contribution in [0.1, 0.15) is 24.4 Å². The molecule has 0 bridgehead atoms.